The SMILES string of the molecule is CCCCN1/C(=C/C=Cc2sc3ccccc3[n+]2CC)C(C)(C)c2ccccc21. The molecule has 0 saturated heterocycles. The first-order valence-electron chi connectivity index (χ1n) is 10.7. The maximum Gasteiger partial charge on any atom is 0.262 e. The number of fused-ring (bicyclic) bond motifs is 2. The molecule has 1 aliphatic rings. The highest BCUT2D eigenvalue weighted by atomic mass is 32.1. The van der Waals surface area contributed by atoms with Crippen LogP contribution < -0.4 is 9.47 Å². The Labute approximate surface area is 178 Å². The Morgan fingerprint density at radius 1 is 1.03 bits per heavy atom. The van der Waals surface area contributed by atoms with E-state index < -0.39 is 0 Å². The van der Waals surface area contributed by atoms with Crippen LogP contribution in [0.5, 0.6) is 0 Å². The number of anilines is 1. The van der Waals surface area contributed by atoms with Gasteiger partial charge in [-0.2, -0.15) is 4.57 Å². The van der Waals surface area contributed by atoms with Crippen LogP contribution in [0.4, 0.5) is 5.69 Å². The summed E-state index contributed by atoms with van der Waals surface area (Å²) < 4.78 is 3.75. The minimum atomic E-state index is 0.0234. The van der Waals surface area contributed by atoms with Gasteiger partial charge in [0.05, 0.1) is 0 Å². The van der Waals surface area contributed by atoms with Gasteiger partial charge >= 0.3 is 0 Å². The van der Waals surface area contributed by atoms with Gasteiger partial charge in [-0.15, -0.1) is 0 Å². The van der Waals surface area contributed by atoms with Crippen LogP contribution in [-0.4, -0.2) is 6.54 Å². The van der Waals surface area contributed by atoms with Crippen LogP contribution in [0.1, 0.15) is 51.1 Å². The third kappa shape index (κ3) is 3.53. The fraction of sp³-hybridized carbons (Fsp3) is 0.346. The molecule has 4 rings (SSSR count). The van der Waals surface area contributed by atoms with Gasteiger partial charge in [0, 0.05) is 35.5 Å². The first-order valence-corrected chi connectivity index (χ1v) is 11.6. The lowest BCUT2D eigenvalue weighted by molar-refractivity contribution is -0.665. The van der Waals surface area contributed by atoms with Gasteiger partial charge in [-0.3, -0.25) is 0 Å². The zero-order chi connectivity index (χ0) is 20.4. The van der Waals surface area contributed by atoms with E-state index in [-0.39, 0.29) is 5.41 Å². The average Bonchev–Trinajstić information content (AvgIpc) is 3.19. The predicted molar refractivity (Wildman–Crippen MR) is 127 cm³/mol. The van der Waals surface area contributed by atoms with Crippen molar-refractivity contribution in [3.8, 4) is 0 Å². The summed E-state index contributed by atoms with van der Waals surface area (Å²) in [5.41, 5.74) is 5.55. The molecule has 0 radical (unpaired) electrons. The standard InChI is InChI=1S/C26H31N2S/c1-5-7-19-28-21-14-9-8-13-20(21)26(3,4)24(28)17-12-18-25-27(6-2)22-15-10-11-16-23(22)29-25/h8-18H,5-7,19H2,1-4H3/q+1. The van der Waals surface area contributed by atoms with Crippen molar-refractivity contribution in [2.24, 2.45) is 0 Å². The topological polar surface area (TPSA) is 7.12 Å². The van der Waals surface area contributed by atoms with Crippen molar-refractivity contribution < 1.29 is 4.57 Å². The molecule has 0 aliphatic carbocycles. The molecule has 150 valence electrons. The van der Waals surface area contributed by atoms with E-state index in [4.69, 9.17) is 0 Å². The van der Waals surface area contributed by atoms with Crippen molar-refractivity contribution in [3.05, 3.63) is 77.0 Å². The van der Waals surface area contributed by atoms with E-state index in [1.165, 1.54) is 45.0 Å². The van der Waals surface area contributed by atoms with Crippen LogP contribution in [0.3, 0.4) is 0 Å². The number of hydrogen-bond donors (Lipinski definition) is 0. The molecule has 0 fully saturated rings. The van der Waals surface area contributed by atoms with E-state index >= 15 is 0 Å². The molecule has 0 unspecified atom stereocenters. The second-order valence-electron chi connectivity index (χ2n) is 8.21. The molecule has 3 heteroatoms. The number of para-hydroxylation sites is 2. The highest BCUT2D eigenvalue weighted by Gasteiger charge is 2.39. The minimum absolute atomic E-state index is 0.0234. The van der Waals surface area contributed by atoms with Crippen LogP contribution in [0.25, 0.3) is 16.3 Å². The van der Waals surface area contributed by atoms with Crippen LogP contribution in [0.2, 0.25) is 0 Å². The Balaban J connectivity index is 1.71. The molecule has 2 heterocycles. The van der Waals surface area contributed by atoms with Crippen molar-refractivity contribution in [3.63, 3.8) is 0 Å². The summed E-state index contributed by atoms with van der Waals surface area (Å²) in [7, 11) is 0. The number of nitrogens with zero attached hydrogens (tertiary/aromatic N) is 2. The molecule has 0 bridgehead atoms. The molecular formula is C26H31N2S+. The van der Waals surface area contributed by atoms with Gasteiger partial charge in [-0.1, -0.05) is 74.9 Å². The van der Waals surface area contributed by atoms with Crippen molar-refractivity contribution in [1.82, 2.24) is 0 Å². The Kier molecular flexibility index (Phi) is 5.60. The lowest BCUT2D eigenvalue weighted by atomic mass is 9.84. The first kappa shape index (κ1) is 19.9. The number of unbranched alkanes of at least 4 members (excludes halogenated alkanes) is 1. The number of aryl methyl sites for hydroxylation is 1. The molecule has 0 N–H and O–H groups in total. The smallest absolute Gasteiger partial charge is 0.262 e. The van der Waals surface area contributed by atoms with Gasteiger partial charge in [0.25, 0.3) is 5.01 Å². The van der Waals surface area contributed by atoms with Gasteiger partial charge in [0.2, 0.25) is 5.52 Å². The van der Waals surface area contributed by atoms with E-state index in [1.54, 1.807) is 0 Å². The van der Waals surface area contributed by atoms with E-state index in [9.17, 15) is 0 Å². The summed E-state index contributed by atoms with van der Waals surface area (Å²) in [6.45, 7) is 11.3. The first-order chi connectivity index (χ1) is 14.1. The Morgan fingerprint density at radius 2 is 1.79 bits per heavy atom. The Morgan fingerprint density at radius 3 is 2.59 bits per heavy atom. The van der Waals surface area contributed by atoms with Gasteiger partial charge in [0.15, 0.2) is 0 Å². The van der Waals surface area contributed by atoms with Crippen molar-refractivity contribution >= 4 is 33.3 Å². The predicted octanol–water partition coefficient (Wildman–Crippen LogP) is 6.70. The quantitative estimate of drug-likeness (QED) is 0.415. The molecule has 2 nitrogen and oxygen atoms in total. The largest absolute Gasteiger partial charge is 0.344 e. The average molecular weight is 404 g/mol. The summed E-state index contributed by atoms with van der Waals surface area (Å²) in [6, 6.07) is 17.6. The van der Waals surface area contributed by atoms with Crippen molar-refractivity contribution in [2.75, 3.05) is 11.4 Å². The molecule has 3 aromatic rings. The van der Waals surface area contributed by atoms with Crippen molar-refractivity contribution in [1.29, 1.82) is 0 Å². The lowest BCUT2D eigenvalue weighted by Crippen LogP contribution is -2.33. The van der Waals surface area contributed by atoms with Gasteiger partial charge in [-0.25, -0.2) is 0 Å². The molecule has 0 saturated carbocycles. The van der Waals surface area contributed by atoms with Gasteiger partial charge < -0.3 is 4.90 Å². The summed E-state index contributed by atoms with van der Waals surface area (Å²) >= 11 is 1.87. The number of hydrogen-bond acceptors (Lipinski definition) is 2. The maximum atomic E-state index is 2.53. The number of thiazole rings is 1. The van der Waals surface area contributed by atoms with Crippen LogP contribution in [0.15, 0.2) is 66.4 Å². The highest BCUT2D eigenvalue weighted by Crippen LogP contribution is 2.47. The summed E-state index contributed by atoms with van der Waals surface area (Å²) in [4.78, 5) is 2.53. The second kappa shape index (κ2) is 8.16. The number of benzene rings is 2. The molecule has 0 spiro atoms. The lowest BCUT2D eigenvalue weighted by Gasteiger charge is -2.26. The highest BCUT2D eigenvalue weighted by molar-refractivity contribution is 7.18. The molecule has 29 heavy (non-hydrogen) atoms. The van der Waals surface area contributed by atoms with Gasteiger partial charge in [0.1, 0.15) is 11.2 Å². The molecule has 1 aromatic heterocycles. The van der Waals surface area contributed by atoms with E-state index in [2.05, 4.69) is 104 Å². The summed E-state index contributed by atoms with van der Waals surface area (Å²) in [5, 5.41) is 1.30. The zero-order valence-corrected chi connectivity index (χ0v) is 18.8. The number of allylic oxidation sites excluding steroid dienone is 3. The monoisotopic (exact) mass is 403 g/mol. The third-order valence-electron chi connectivity index (χ3n) is 5.98. The van der Waals surface area contributed by atoms with Gasteiger partial charge in [-0.05, 0) is 37.1 Å². The fourth-order valence-electron chi connectivity index (χ4n) is 4.42. The fourth-order valence-corrected chi connectivity index (χ4v) is 5.56. The molecule has 0 atom stereocenters. The molecule has 2 aromatic carbocycles. The van der Waals surface area contributed by atoms with Crippen LogP contribution in [-0.2, 0) is 12.0 Å². The molecular weight excluding hydrogens is 372 g/mol. The molecule has 1 aliphatic heterocycles. The zero-order valence-electron chi connectivity index (χ0n) is 18.0. The number of aromatic nitrogens is 1. The van der Waals surface area contributed by atoms with Crippen LogP contribution in [0, 0.1) is 0 Å². The third-order valence-corrected chi connectivity index (χ3v) is 7.11. The van der Waals surface area contributed by atoms with Crippen molar-refractivity contribution in [2.45, 2.75) is 52.5 Å². The summed E-state index contributed by atoms with van der Waals surface area (Å²) in [6.07, 6.45) is 9.27. The second-order valence-corrected chi connectivity index (χ2v) is 9.27. The van der Waals surface area contributed by atoms with E-state index in [1.807, 2.05) is 11.3 Å². The minimum Gasteiger partial charge on any atom is -0.344 e. The normalized spacial score (nSPS) is 17.0. The van der Waals surface area contributed by atoms with E-state index in [0.29, 0.717) is 0 Å². The molecule has 0 amide bonds. The van der Waals surface area contributed by atoms with Crippen LogP contribution >= 0.6 is 11.3 Å². The number of rotatable bonds is 6. The maximum absolute atomic E-state index is 2.53. The Bertz CT molecular complexity index is 1070. The summed E-state index contributed by atoms with van der Waals surface area (Å²) in [5.74, 6) is 0. The Hall–Kier alpha value is -2.39. The van der Waals surface area contributed by atoms with E-state index in [0.717, 1.165) is 13.1 Å².